The van der Waals surface area contributed by atoms with Gasteiger partial charge in [0, 0.05) is 29.7 Å². The van der Waals surface area contributed by atoms with Gasteiger partial charge in [0.15, 0.2) is 0 Å². The van der Waals surface area contributed by atoms with Gasteiger partial charge in [-0.25, -0.2) is 0 Å². The molecular weight excluding hydrogens is 872 g/mol. The Labute approximate surface area is 408 Å². The lowest BCUT2D eigenvalue weighted by Crippen LogP contribution is -2.19. The van der Waals surface area contributed by atoms with Gasteiger partial charge in [0.25, 0.3) is 0 Å². The highest BCUT2D eigenvalue weighted by Gasteiger charge is 2.17. The highest BCUT2D eigenvalue weighted by molar-refractivity contribution is 6.31. The molecule has 0 aliphatic heterocycles. The van der Waals surface area contributed by atoms with E-state index in [1.165, 1.54) is 16.7 Å². The summed E-state index contributed by atoms with van der Waals surface area (Å²) in [5.41, 5.74) is 12.5. The molecule has 7 rings (SSSR count). The van der Waals surface area contributed by atoms with Crippen LogP contribution < -0.4 is 9.47 Å². The first kappa shape index (κ1) is 50.5. The normalized spacial score (nSPS) is 12.0. The van der Waals surface area contributed by atoms with E-state index in [1.807, 2.05) is 119 Å². The third kappa shape index (κ3) is 16.1. The van der Waals surface area contributed by atoms with Gasteiger partial charge in [-0.05, 0) is 151 Å². The summed E-state index contributed by atoms with van der Waals surface area (Å²) >= 11 is 12.3. The molecule has 0 heterocycles. The number of hydrogen-bond donors (Lipinski definition) is 1. The molecule has 7 aromatic rings. The van der Waals surface area contributed by atoms with E-state index >= 15 is 0 Å². The highest BCUT2D eigenvalue weighted by Crippen LogP contribution is 2.37. The van der Waals surface area contributed by atoms with E-state index in [-0.39, 0.29) is 6.61 Å². The molecule has 0 aliphatic rings. The third-order valence-electron chi connectivity index (χ3n) is 11.0. The van der Waals surface area contributed by atoms with Crippen molar-refractivity contribution in [1.82, 2.24) is 9.80 Å². The molecule has 346 valence electrons. The third-order valence-corrected chi connectivity index (χ3v) is 11.5. The quantitative estimate of drug-likeness (QED) is 0.0572. The molecule has 0 radical (unpaired) electrons. The number of aliphatic hydroxyl groups is 1. The fourth-order valence-corrected chi connectivity index (χ4v) is 7.80. The number of likely N-dealkylation sites (N-methyl/N-ethyl adjacent to an activating group) is 2. The van der Waals surface area contributed by atoms with Crippen LogP contribution >= 0.6 is 23.2 Å². The first-order valence-electron chi connectivity index (χ1n) is 22.8. The van der Waals surface area contributed by atoms with Gasteiger partial charge in [0.05, 0.1) is 13.2 Å². The standard InChI is InChI=1S/C33H34ClNO2.C26H28ClNO2/c1-35(2)22-24-37-31-19-15-29(16-20-31)33(28-11-7-4-8-12-28)32(27-13-17-30(34)18-14-27)21-23-36-25-26-9-5-3-6-10-26;1-28(2)17-19-30-24-14-10-22(11-15-24)26(21-6-4-3-5-7-21)25(16-18-29)20-8-12-23(27)13-9-20/h3-20H,21-25H2,1-2H3;3-15,29H,16-19H2,1-2H3. The van der Waals surface area contributed by atoms with Crippen LogP contribution in [0.15, 0.2) is 188 Å². The minimum Gasteiger partial charge on any atom is -0.492 e. The first-order valence-corrected chi connectivity index (χ1v) is 23.5. The fraction of sp³-hybridized carbons (Fsp3) is 0.220. The van der Waals surface area contributed by atoms with Crippen molar-refractivity contribution in [3.8, 4) is 11.5 Å². The Balaban J connectivity index is 0.000000226. The van der Waals surface area contributed by atoms with Gasteiger partial charge < -0.3 is 29.1 Å². The molecule has 1 N–H and O–H groups in total. The van der Waals surface area contributed by atoms with Gasteiger partial charge in [-0.1, -0.05) is 163 Å². The summed E-state index contributed by atoms with van der Waals surface area (Å²) < 4.78 is 17.9. The van der Waals surface area contributed by atoms with E-state index in [0.29, 0.717) is 37.9 Å². The largest absolute Gasteiger partial charge is 0.492 e. The molecule has 0 aliphatic carbocycles. The van der Waals surface area contributed by atoms with Crippen LogP contribution in [0.5, 0.6) is 11.5 Å². The van der Waals surface area contributed by atoms with Crippen molar-refractivity contribution >= 4 is 45.5 Å². The van der Waals surface area contributed by atoms with Crippen LogP contribution in [0.1, 0.15) is 51.8 Å². The van der Waals surface area contributed by atoms with Crippen LogP contribution in [0.25, 0.3) is 22.3 Å². The molecule has 0 saturated heterocycles. The molecule has 0 fully saturated rings. The average molecular weight is 934 g/mol. The summed E-state index contributed by atoms with van der Waals surface area (Å²) in [6, 6.07) is 63.6. The predicted octanol–water partition coefficient (Wildman–Crippen LogP) is 13.5. The SMILES string of the molecule is CN(C)CCOc1ccc(C(=C(CCO)c2ccc(Cl)cc2)c2ccccc2)cc1.CN(C)CCOc1ccc(C(=C(CCOCc2ccccc2)c2ccc(Cl)cc2)c2ccccc2)cc1. The topological polar surface area (TPSA) is 54.4 Å². The van der Waals surface area contributed by atoms with Crippen LogP contribution in [0.3, 0.4) is 0 Å². The molecule has 0 atom stereocenters. The summed E-state index contributed by atoms with van der Waals surface area (Å²) in [7, 11) is 8.15. The summed E-state index contributed by atoms with van der Waals surface area (Å²) in [4.78, 5) is 4.21. The van der Waals surface area contributed by atoms with Crippen LogP contribution in [-0.4, -0.2) is 82.6 Å². The number of rotatable bonds is 21. The van der Waals surface area contributed by atoms with Crippen molar-refractivity contribution in [2.45, 2.75) is 19.4 Å². The maximum absolute atomic E-state index is 9.80. The number of ether oxygens (including phenoxy) is 3. The zero-order valence-corrected chi connectivity index (χ0v) is 40.6. The van der Waals surface area contributed by atoms with Crippen LogP contribution in [0.2, 0.25) is 10.0 Å². The van der Waals surface area contributed by atoms with Crippen molar-refractivity contribution in [1.29, 1.82) is 0 Å². The maximum Gasteiger partial charge on any atom is 0.119 e. The molecule has 0 aromatic heterocycles. The van der Waals surface area contributed by atoms with Crippen molar-refractivity contribution in [3.05, 3.63) is 237 Å². The molecule has 0 amide bonds. The van der Waals surface area contributed by atoms with Crippen LogP contribution in [0.4, 0.5) is 0 Å². The van der Waals surface area contributed by atoms with Gasteiger partial charge in [-0.3, -0.25) is 0 Å². The number of benzene rings is 7. The second-order valence-corrected chi connectivity index (χ2v) is 17.4. The number of nitrogens with zero attached hydrogens (tertiary/aromatic N) is 2. The monoisotopic (exact) mass is 932 g/mol. The van der Waals surface area contributed by atoms with Gasteiger partial charge in [-0.15, -0.1) is 0 Å². The van der Waals surface area contributed by atoms with E-state index in [2.05, 4.69) is 107 Å². The molecular formula is C59H62Cl2N2O4. The molecule has 0 unspecified atom stereocenters. The molecule has 67 heavy (non-hydrogen) atoms. The lowest BCUT2D eigenvalue weighted by molar-refractivity contribution is 0.126. The second kappa shape index (κ2) is 27.0. The van der Waals surface area contributed by atoms with Crippen molar-refractivity contribution in [2.24, 2.45) is 0 Å². The summed E-state index contributed by atoms with van der Waals surface area (Å²) in [6.45, 7) is 4.31. The minimum absolute atomic E-state index is 0.0695. The van der Waals surface area contributed by atoms with Crippen molar-refractivity contribution < 1.29 is 19.3 Å². The van der Waals surface area contributed by atoms with E-state index < -0.39 is 0 Å². The Hall–Kier alpha value is -5.96. The number of hydrogen-bond acceptors (Lipinski definition) is 6. The van der Waals surface area contributed by atoms with Crippen molar-refractivity contribution in [3.63, 3.8) is 0 Å². The Morgan fingerprint density at radius 3 is 1.16 bits per heavy atom. The minimum atomic E-state index is 0.0695. The summed E-state index contributed by atoms with van der Waals surface area (Å²) in [5, 5.41) is 11.2. The molecule has 0 bridgehead atoms. The summed E-state index contributed by atoms with van der Waals surface area (Å²) in [5.74, 6) is 1.72. The van der Waals surface area contributed by atoms with Crippen LogP contribution in [-0.2, 0) is 11.3 Å². The van der Waals surface area contributed by atoms with Gasteiger partial charge in [0.2, 0.25) is 0 Å². The number of halogens is 2. The van der Waals surface area contributed by atoms with E-state index in [1.54, 1.807) is 0 Å². The van der Waals surface area contributed by atoms with E-state index in [9.17, 15) is 5.11 Å². The lowest BCUT2D eigenvalue weighted by atomic mass is 9.88. The van der Waals surface area contributed by atoms with E-state index in [0.717, 1.165) is 80.6 Å². The zero-order valence-electron chi connectivity index (χ0n) is 39.1. The van der Waals surface area contributed by atoms with E-state index in [4.69, 9.17) is 37.4 Å². The molecule has 7 aromatic carbocycles. The maximum atomic E-state index is 9.80. The predicted molar refractivity (Wildman–Crippen MR) is 281 cm³/mol. The molecule has 0 saturated carbocycles. The van der Waals surface area contributed by atoms with Crippen LogP contribution in [0, 0.1) is 0 Å². The Morgan fingerprint density at radius 1 is 0.418 bits per heavy atom. The summed E-state index contributed by atoms with van der Waals surface area (Å²) in [6.07, 6.45) is 1.31. The number of aliphatic hydroxyl groups excluding tert-OH is 1. The van der Waals surface area contributed by atoms with Gasteiger partial charge in [-0.2, -0.15) is 0 Å². The second-order valence-electron chi connectivity index (χ2n) is 16.6. The smallest absolute Gasteiger partial charge is 0.119 e. The Kier molecular flexibility index (Phi) is 20.3. The Morgan fingerprint density at radius 2 is 0.776 bits per heavy atom. The molecule has 8 heteroatoms. The Bertz CT molecular complexity index is 2560. The fourth-order valence-electron chi connectivity index (χ4n) is 7.55. The molecule has 0 spiro atoms. The lowest BCUT2D eigenvalue weighted by Gasteiger charge is -2.18. The average Bonchev–Trinajstić information content (AvgIpc) is 3.35. The zero-order chi connectivity index (χ0) is 47.2. The molecule has 6 nitrogen and oxygen atoms in total. The van der Waals surface area contributed by atoms with Gasteiger partial charge in [0.1, 0.15) is 24.7 Å². The van der Waals surface area contributed by atoms with Crippen molar-refractivity contribution in [2.75, 3.05) is 67.7 Å². The highest BCUT2D eigenvalue weighted by atomic mass is 35.5. The van der Waals surface area contributed by atoms with Gasteiger partial charge >= 0.3 is 0 Å². The first-order chi connectivity index (χ1) is 32.7.